The maximum atomic E-state index is 8.83. The van der Waals surface area contributed by atoms with Crippen LogP contribution in [0.5, 0.6) is 0 Å². The molecule has 0 fully saturated rings. The van der Waals surface area contributed by atoms with Crippen molar-refractivity contribution in [3.63, 3.8) is 0 Å². The number of hydrogen-bond donors (Lipinski definition) is 1. The van der Waals surface area contributed by atoms with Gasteiger partial charge in [-0.05, 0) is 25.0 Å². The molecule has 0 unspecified atom stereocenters. The maximum Gasteiger partial charge on any atom is 0.145 e. The van der Waals surface area contributed by atoms with E-state index >= 15 is 0 Å². The van der Waals surface area contributed by atoms with E-state index in [9.17, 15) is 0 Å². The molecule has 0 bridgehead atoms. The van der Waals surface area contributed by atoms with Gasteiger partial charge in [0, 0.05) is 0 Å². The SMILES string of the molecule is Cc1cccc(C)c1-n1ncc(C#N)c1N. The van der Waals surface area contributed by atoms with Crippen molar-refractivity contribution >= 4 is 5.82 Å². The fraction of sp³-hybridized carbons (Fsp3) is 0.167. The summed E-state index contributed by atoms with van der Waals surface area (Å²) >= 11 is 0. The lowest BCUT2D eigenvalue weighted by molar-refractivity contribution is 0.875. The van der Waals surface area contributed by atoms with Gasteiger partial charge in [-0.15, -0.1) is 0 Å². The van der Waals surface area contributed by atoms with Gasteiger partial charge in [-0.1, -0.05) is 18.2 Å². The normalized spacial score (nSPS) is 10.1. The molecular weight excluding hydrogens is 200 g/mol. The Hall–Kier alpha value is -2.28. The van der Waals surface area contributed by atoms with E-state index in [4.69, 9.17) is 11.0 Å². The van der Waals surface area contributed by atoms with Crippen LogP contribution in [0, 0.1) is 25.2 Å². The third-order valence-corrected chi connectivity index (χ3v) is 2.58. The first-order chi connectivity index (χ1) is 7.65. The number of rotatable bonds is 1. The lowest BCUT2D eigenvalue weighted by atomic mass is 10.1. The molecule has 1 aromatic heterocycles. The molecule has 0 aliphatic carbocycles. The lowest BCUT2D eigenvalue weighted by Gasteiger charge is -2.10. The first kappa shape index (κ1) is 10.2. The molecule has 1 heterocycles. The molecule has 0 aliphatic rings. The van der Waals surface area contributed by atoms with Gasteiger partial charge >= 0.3 is 0 Å². The number of nitrogens with zero attached hydrogens (tertiary/aromatic N) is 3. The third-order valence-electron chi connectivity index (χ3n) is 2.58. The van der Waals surface area contributed by atoms with E-state index in [1.54, 1.807) is 4.68 Å². The zero-order valence-electron chi connectivity index (χ0n) is 9.23. The Kier molecular flexibility index (Phi) is 2.37. The molecular formula is C12H12N4. The molecule has 16 heavy (non-hydrogen) atoms. The second-order valence-electron chi connectivity index (χ2n) is 3.71. The molecule has 2 N–H and O–H groups in total. The monoisotopic (exact) mass is 212 g/mol. The molecule has 2 rings (SSSR count). The van der Waals surface area contributed by atoms with Crippen LogP contribution in [0.3, 0.4) is 0 Å². The van der Waals surface area contributed by atoms with Crippen molar-refractivity contribution < 1.29 is 0 Å². The highest BCUT2D eigenvalue weighted by molar-refractivity contribution is 5.56. The van der Waals surface area contributed by atoms with Crippen LogP contribution in [-0.2, 0) is 0 Å². The minimum atomic E-state index is 0.389. The average Bonchev–Trinajstić information content (AvgIpc) is 2.60. The predicted molar refractivity (Wildman–Crippen MR) is 62.2 cm³/mol. The van der Waals surface area contributed by atoms with Crippen LogP contribution in [-0.4, -0.2) is 9.78 Å². The molecule has 2 aromatic rings. The molecule has 1 aromatic carbocycles. The number of nitriles is 1. The van der Waals surface area contributed by atoms with Crippen molar-refractivity contribution in [3.05, 3.63) is 41.1 Å². The fourth-order valence-electron chi connectivity index (χ4n) is 1.76. The molecule has 0 amide bonds. The smallest absolute Gasteiger partial charge is 0.145 e. The summed E-state index contributed by atoms with van der Waals surface area (Å²) in [6.07, 6.45) is 1.49. The Balaban J connectivity index is 2.69. The minimum Gasteiger partial charge on any atom is -0.382 e. The highest BCUT2D eigenvalue weighted by Gasteiger charge is 2.11. The summed E-state index contributed by atoms with van der Waals surface area (Å²) in [5.41, 5.74) is 9.38. The summed E-state index contributed by atoms with van der Waals surface area (Å²) in [7, 11) is 0. The summed E-state index contributed by atoms with van der Waals surface area (Å²) in [5, 5.41) is 13.0. The highest BCUT2D eigenvalue weighted by atomic mass is 15.3. The van der Waals surface area contributed by atoms with Crippen LogP contribution in [0.25, 0.3) is 5.69 Å². The van der Waals surface area contributed by atoms with Crippen LogP contribution in [0.2, 0.25) is 0 Å². The first-order valence-corrected chi connectivity index (χ1v) is 4.95. The van der Waals surface area contributed by atoms with E-state index in [2.05, 4.69) is 5.10 Å². The standard InChI is InChI=1S/C12H12N4/c1-8-4-3-5-9(2)11(8)16-12(14)10(6-13)7-15-16/h3-5,7H,14H2,1-2H3. The largest absolute Gasteiger partial charge is 0.382 e. The van der Waals surface area contributed by atoms with Crippen molar-refractivity contribution in [1.29, 1.82) is 5.26 Å². The van der Waals surface area contributed by atoms with Gasteiger partial charge in [0.1, 0.15) is 17.5 Å². The zero-order chi connectivity index (χ0) is 11.7. The Labute approximate surface area is 93.9 Å². The molecule has 0 spiro atoms. The number of nitrogen functional groups attached to an aromatic ring is 1. The van der Waals surface area contributed by atoms with Gasteiger partial charge in [0.15, 0.2) is 0 Å². The molecule has 0 saturated heterocycles. The van der Waals surface area contributed by atoms with Gasteiger partial charge in [0.2, 0.25) is 0 Å². The summed E-state index contributed by atoms with van der Waals surface area (Å²) in [6, 6.07) is 7.99. The van der Waals surface area contributed by atoms with Crippen LogP contribution in [0.15, 0.2) is 24.4 Å². The van der Waals surface area contributed by atoms with E-state index in [1.807, 2.05) is 38.1 Å². The Morgan fingerprint density at radius 1 is 1.31 bits per heavy atom. The fourth-order valence-corrected chi connectivity index (χ4v) is 1.76. The minimum absolute atomic E-state index is 0.389. The van der Waals surface area contributed by atoms with Gasteiger partial charge in [-0.25, -0.2) is 4.68 Å². The van der Waals surface area contributed by atoms with E-state index in [0.29, 0.717) is 11.4 Å². The van der Waals surface area contributed by atoms with Crippen LogP contribution in [0.4, 0.5) is 5.82 Å². The third kappa shape index (κ3) is 1.43. The lowest BCUT2D eigenvalue weighted by Crippen LogP contribution is -2.06. The molecule has 0 radical (unpaired) electrons. The van der Waals surface area contributed by atoms with Gasteiger partial charge in [0.25, 0.3) is 0 Å². The number of anilines is 1. The van der Waals surface area contributed by atoms with Gasteiger partial charge in [-0.3, -0.25) is 0 Å². The average molecular weight is 212 g/mol. The summed E-state index contributed by atoms with van der Waals surface area (Å²) < 4.78 is 1.61. The summed E-state index contributed by atoms with van der Waals surface area (Å²) in [5.74, 6) is 0.389. The first-order valence-electron chi connectivity index (χ1n) is 4.95. The van der Waals surface area contributed by atoms with Crippen molar-refractivity contribution in [1.82, 2.24) is 9.78 Å². The zero-order valence-corrected chi connectivity index (χ0v) is 9.23. The van der Waals surface area contributed by atoms with Gasteiger partial charge < -0.3 is 5.73 Å². The Morgan fingerprint density at radius 3 is 2.44 bits per heavy atom. The van der Waals surface area contributed by atoms with Gasteiger partial charge in [0.05, 0.1) is 11.9 Å². The van der Waals surface area contributed by atoms with Crippen molar-refractivity contribution in [2.75, 3.05) is 5.73 Å². The van der Waals surface area contributed by atoms with Gasteiger partial charge in [-0.2, -0.15) is 10.4 Å². The second-order valence-corrected chi connectivity index (χ2v) is 3.71. The van der Waals surface area contributed by atoms with Crippen LogP contribution < -0.4 is 5.73 Å². The number of hydrogen-bond acceptors (Lipinski definition) is 3. The van der Waals surface area contributed by atoms with E-state index in [0.717, 1.165) is 16.8 Å². The number of nitrogens with two attached hydrogens (primary N) is 1. The van der Waals surface area contributed by atoms with Crippen molar-refractivity contribution in [2.24, 2.45) is 0 Å². The Morgan fingerprint density at radius 2 is 1.94 bits per heavy atom. The number of aromatic nitrogens is 2. The van der Waals surface area contributed by atoms with E-state index < -0.39 is 0 Å². The van der Waals surface area contributed by atoms with Crippen LogP contribution >= 0.6 is 0 Å². The van der Waals surface area contributed by atoms with Crippen LogP contribution in [0.1, 0.15) is 16.7 Å². The summed E-state index contributed by atoms with van der Waals surface area (Å²) in [6.45, 7) is 3.99. The van der Waals surface area contributed by atoms with E-state index in [1.165, 1.54) is 6.20 Å². The second kappa shape index (κ2) is 3.70. The van der Waals surface area contributed by atoms with E-state index in [-0.39, 0.29) is 0 Å². The number of aryl methyl sites for hydroxylation is 2. The summed E-state index contributed by atoms with van der Waals surface area (Å²) in [4.78, 5) is 0. The molecule has 0 aliphatic heterocycles. The molecule has 0 atom stereocenters. The quantitative estimate of drug-likeness (QED) is 0.785. The van der Waals surface area contributed by atoms with Crippen molar-refractivity contribution in [2.45, 2.75) is 13.8 Å². The topological polar surface area (TPSA) is 67.6 Å². The molecule has 4 heteroatoms. The number of para-hydroxylation sites is 1. The molecule has 0 saturated carbocycles. The molecule has 4 nitrogen and oxygen atoms in total. The van der Waals surface area contributed by atoms with Crippen molar-refractivity contribution in [3.8, 4) is 11.8 Å². The highest BCUT2D eigenvalue weighted by Crippen LogP contribution is 2.22. The number of benzene rings is 1. The Bertz CT molecular complexity index is 555. The predicted octanol–water partition coefficient (Wildman–Crippen LogP) is 1.94. The maximum absolute atomic E-state index is 8.83. The molecule has 80 valence electrons.